The Hall–Kier alpha value is -3.51. The van der Waals surface area contributed by atoms with Gasteiger partial charge in [-0.2, -0.15) is 5.10 Å². The lowest BCUT2D eigenvalue weighted by atomic mass is 10.0. The van der Waals surface area contributed by atoms with Crippen molar-refractivity contribution in [3.63, 3.8) is 0 Å². The van der Waals surface area contributed by atoms with E-state index in [9.17, 15) is 9.59 Å². The standard InChI is InChI=1S/C23H31N9O3/c24-23(34)31-5-2-1-3-18(31)15-30-16-27-21-20(22(30)33)14-28-32(21)19-11-17(12-25-13-19)26-4-6-29-7-9-35-10-8-29/h11-14,16,18,26H,1-10,15H2,(H2,24,34). The zero-order valence-corrected chi connectivity index (χ0v) is 19.7. The topological polar surface area (TPSA) is 136 Å². The molecule has 0 aliphatic carbocycles. The van der Waals surface area contributed by atoms with Crippen LogP contribution in [-0.2, 0) is 11.3 Å². The second-order valence-electron chi connectivity index (χ2n) is 8.99. The Bertz CT molecular complexity index is 1230. The largest absolute Gasteiger partial charge is 0.382 e. The van der Waals surface area contributed by atoms with Gasteiger partial charge in [-0.15, -0.1) is 0 Å². The van der Waals surface area contributed by atoms with E-state index in [1.165, 1.54) is 12.5 Å². The summed E-state index contributed by atoms with van der Waals surface area (Å²) in [6.07, 6.45) is 9.25. The SMILES string of the molecule is NC(=O)N1CCCCC1Cn1cnc2c(cnn2-c2cncc(NCCN3CCOCC3)c2)c1=O. The third kappa shape index (κ3) is 5.13. The molecule has 3 N–H and O–H groups in total. The van der Waals surface area contributed by atoms with Gasteiger partial charge in [-0.05, 0) is 25.3 Å². The van der Waals surface area contributed by atoms with Crippen molar-refractivity contribution >= 4 is 22.8 Å². The number of likely N-dealkylation sites (tertiary alicyclic amines) is 1. The van der Waals surface area contributed by atoms with Gasteiger partial charge >= 0.3 is 6.03 Å². The molecule has 12 heteroatoms. The number of nitrogens with zero attached hydrogens (tertiary/aromatic N) is 7. The molecule has 2 saturated heterocycles. The zero-order valence-electron chi connectivity index (χ0n) is 19.7. The molecule has 2 amide bonds. The summed E-state index contributed by atoms with van der Waals surface area (Å²) >= 11 is 0. The van der Waals surface area contributed by atoms with Gasteiger partial charge in [0.2, 0.25) is 0 Å². The van der Waals surface area contributed by atoms with Crippen molar-refractivity contribution in [1.29, 1.82) is 0 Å². The molecule has 0 saturated carbocycles. The molecular formula is C23H31N9O3. The van der Waals surface area contributed by atoms with Crippen LogP contribution in [0.5, 0.6) is 0 Å². The monoisotopic (exact) mass is 481 g/mol. The van der Waals surface area contributed by atoms with Crippen LogP contribution in [0, 0.1) is 0 Å². The average molecular weight is 482 g/mol. The van der Waals surface area contributed by atoms with Crippen LogP contribution in [0.3, 0.4) is 0 Å². The van der Waals surface area contributed by atoms with E-state index in [-0.39, 0.29) is 11.6 Å². The number of nitrogens with two attached hydrogens (primary N) is 1. The fourth-order valence-corrected chi connectivity index (χ4v) is 4.80. The predicted molar refractivity (Wildman–Crippen MR) is 131 cm³/mol. The highest BCUT2D eigenvalue weighted by atomic mass is 16.5. The third-order valence-electron chi connectivity index (χ3n) is 6.70. The Morgan fingerprint density at radius 2 is 2.03 bits per heavy atom. The number of rotatable bonds is 7. The fraction of sp³-hybridized carbons (Fsp3) is 0.522. The highest BCUT2D eigenvalue weighted by molar-refractivity contribution is 5.75. The number of nitrogens with one attached hydrogen (secondary N) is 1. The molecule has 0 radical (unpaired) electrons. The van der Waals surface area contributed by atoms with Crippen LogP contribution in [0.1, 0.15) is 19.3 Å². The second-order valence-corrected chi connectivity index (χ2v) is 8.99. The van der Waals surface area contributed by atoms with Crippen molar-refractivity contribution in [3.05, 3.63) is 41.3 Å². The molecule has 3 aromatic rings. The maximum Gasteiger partial charge on any atom is 0.315 e. The minimum Gasteiger partial charge on any atom is -0.382 e. The van der Waals surface area contributed by atoms with Gasteiger partial charge in [0.1, 0.15) is 11.7 Å². The summed E-state index contributed by atoms with van der Waals surface area (Å²) in [5.74, 6) is 0. The van der Waals surface area contributed by atoms with Gasteiger partial charge in [0.15, 0.2) is 5.65 Å². The van der Waals surface area contributed by atoms with Crippen LogP contribution in [0.2, 0.25) is 0 Å². The van der Waals surface area contributed by atoms with Crippen molar-refractivity contribution < 1.29 is 9.53 Å². The lowest BCUT2D eigenvalue weighted by Crippen LogP contribution is -2.49. The first-order valence-electron chi connectivity index (χ1n) is 12.1. The van der Waals surface area contributed by atoms with Gasteiger partial charge in [-0.25, -0.2) is 14.5 Å². The number of carbonyl (C=O) groups is 1. The number of fused-ring (bicyclic) bond motifs is 1. The molecule has 2 aliphatic heterocycles. The van der Waals surface area contributed by atoms with E-state index in [1.807, 2.05) is 6.07 Å². The van der Waals surface area contributed by atoms with Gasteiger partial charge < -0.3 is 20.7 Å². The molecule has 5 heterocycles. The highest BCUT2D eigenvalue weighted by Gasteiger charge is 2.26. The van der Waals surface area contributed by atoms with Gasteiger partial charge in [0.25, 0.3) is 5.56 Å². The van der Waals surface area contributed by atoms with E-state index in [0.717, 1.165) is 64.3 Å². The maximum atomic E-state index is 13.2. The predicted octanol–water partition coefficient (Wildman–Crippen LogP) is 0.655. The fourth-order valence-electron chi connectivity index (χ4n) is 4.80. The summed E-state index contributed by atoms with van der Waals surface area (Å²) in [4.78, 5) is 37.8. The molecule has 5 rings (SSSR count). The van der Waals surface area contributed by atoms with E-state index >= 15 is 0 Å². The van der Waals surface area contributed by atoms with E-state index in [1.54, 1.807) is 26.5 Å². The van der Waals surface area contributed by atoms with Crippen LogP contribution in [0.4, 0.5) is 10.5 Å². The zero-order chi connectivity index (χ0) is 24.2. The van der Waals surface area contributed by atoms with Crippen LogP contribution in [-0.4, -0.2) is 92.1 Å². The molecule has 186 valence electrons. The molecule has 0 spiro atoms. The number of morpholine rings is 1. The number of urea groups is 1. The molecule has 1 atom stereocenters. The Morgan fingerprint density at radius 1 is 1.17 bits per heavy atom. The van der Waals surface area contributed by atoms with Crippen LogP contribution in [0.15, 0.2) is 35.8 Å². The summed E-state index contributed by atoms with van der Waals surface area (Å²) < 4.78 is 8.56. The minimum absolute atomic E-state index is 0.113. The molecule has 3 aromatic heterocycles. The smallest absolute Gasteiger partial charge is 0.315 e. The first-order valence-corrected chi connectivity index (χ1v) is 12.1. The Kier molecular flexibility index (Phi) is 6.91. The quantitative estimate of drug-likeness (QED) is 0.502. The van der Waals surface area contributed by atoms with Gasteiger partial charge in [0.05, 0.1) is 49.2 Å². The first-order chi connectivity index (χ1) is 17.1. The second kappa shape index (κ2) is 10.4. The van der Waals surface area contributed by atoms with Crippen molar-refractivity contribution in [2.75, 3.05) is 51.3 Å². The van der Waals surface area contributed by atoms with Crippen molar-refractivity contribution in [3.8, 4) is 5.69 Å². The molecule has 2 aliphatic rings. The molecule has 12 nitrogen and oxygen atoms in total. The Labute approximate surface area is 202 Å². The number of hydrogen-bond donors (Lipinski definition) is 2. The third-order valence-corrected chi connectivity index (χ3v) is 6.70. The number of carbonyl (C=O) groups excluding carboxylic acids is 1. The Balaban J connectivity index is 1.31. The van der Waals surface area contributed by atoms with E-state index in [4.69, 9.17) is 10.5 Å². The maximum absolute atomic E-state index is 13.2. The minimum atomic E-state index is -0.449. The molecule has 0 aromatic carbocycles. The number of amides is 2. The first kappa shape index (κ1) is 23.2. The molecule has 1 unspecified atom stereocenters. The van der Waals surface area contributed by atoms with Gasteiger partial charge in [-0.1, -0.05) is 0 Å². The summed E-state index contributed by atoms with van der Waals surface area (Å²) in [5.41, 5.74) is 7.40. The van der Waals surface area contributed by atoms with E-state index < -0.39 is 6.03 Å². The number of piperidine rings is 1. The van der Waals surface area contributed by atoms with Crippen LogP contribution >= 0.6 is 0 Å². The number of primary amides is 1. The summed E-state index contributed by atoms with van der Waals surface area (Å²) in [6.45, 7) is 6.15. The highest BCUT2D eigenvalue weighted by Crippen LogP contribution is 2.19. The van der Waals surface area contributed by atoms with Crippen molar-refractivity contribution in [2.24, 2.45) is 5.73 Å². The lowest BCUT2D eigenvalue weighted by molar-refractivity contribution is 0.0398. The van der Waals surface area contributed by atoms with Crippen molar-refractivity contribution in [1.82, 2.24) is 34.1 Å². The normalized spacial score (nSPS) is 19.2. The van der Waals surface area contributed by atoms with Crippen LogP contribution in [0.25, 0.3) is 16.7 Å². The average Bonchev–Trinajstić information content (AvgIpc) is 3.32. The molecule has 2 fully saturated rings. The molecule has 35 heavy (non-hydrogen) atoms. The molecular weight excluding hydrogens is 450 g/mol. The lowest BCUT2D eigenvalue weighted by Gasteiger charge is -2.34. The number of aromatic nitrogens is 5. The number of hydrogen-bond acceptors (Lipinski definition) is 8. The van der Waals surface area contributed by atoms with E-state index in [2.05, 4.69) is 25.3 Å². The number of anilines is 1. The van der Waals surface area contributed by atoms with E-state index in [0.29, 0.717) is 29.8 Å². The Morgan fingerprint density at radius 3 is 2.86 bits per heavy atom. The summed E-state index contributed by atoms with van der Waals surface area (Å²) in [5, 5.41) is 8.24. The number of ether oxygens (including phenoxy) is 1. The van der Waals surface area contributed by atoms with Crippen LogP contribution < -0.4 is 16.6 Å². The summed E-state index contributed by atoms with van der Waals surface area (Å²) in [7, 11) is 0. The van der Waals surface area contributed by atoms with Crippen molar-refractivity contribution in [2.45, 2.75) is 31.8 Å². The van der Waals surface area contributed by atoms with Gasteiger partial charge in [0, 0.05) is 39.3 Å². The molecule has 0 bridgehead atoms. The van der Waals surface area contributed by atoms with Gasteiger partial charge in [-0.3, -0.25) is 19.2 Å². The summed E-state index contributed by atoms with van der Waals surface area (Å²) in [6, 6.07) is 1.38. The number of pyridine rings is 1.